The molecule has 0 fully saturated rings. The van der Waals surface area contributed by atoms with Crippen molar-refractivity contribution in [2.45, 2.75) is 43.9 Å². The minimum atomic E-state index is -0.496. The molecule has 0 N–H and O–H groups in total. The number of anilines is 3. The van der Waals surface area contributed by atoms with E-state index in [1.807, 2.05) is 0 Å². The molecule has 0 atom stereocenters. The molecule has 8 aromatic carbocycles. The largest absolute Gasteiger partial charge is 0.310 e. The highest BCUT2D eigenvalue weighted by atomic mass is 15.1. The van der Waals surface area contributed by atoms with Crippen molar-refractivity contribution in [2.24, 2.45) is 0 Å². The molecule has 0 unspecified atom stereocenters. The lowest BCUT2D eigenvalue weighted by Gasteiger charge is -2.35. The van der Waals surface area contributed by atoms with Gasteiger partial charge in [-0.05, 0) is 103 Å². The molecule has 1 heteroatoms. The van der Waals surface area contributed by atoms with Crippen molar-refractivity contribution in [3.05, 3.63) is 233 Å². The fourth-order valence-electron chi connectivity index (χ4n) is 10.8. The Kier molecular flexibility index (Phi) is 6.93. The van der Waals surface area contributed by atoms with Gasteiger partial charge >= 0.3 is 0 Å². The Bertz CT molecular complexity index is 2830. The summed E-state index contributed by atoms with van der Waals surface area (Å²) in [6.45, 7) is 9.47. The quantitative estimate of drug-likeness (QED) is 0.171. The zero-order chi connectivity index (χ0) is 37.8. The van der Waals surface area contributed by atoms with E-state index in [4.69, 9.17) is 0 Å². The van der Waals surface area contributed by atoms with Crippen LogP contribution in [0.3, 0.4) is 0 Å². The van der Waals surface area contributed by atoms with Crippen LogP contribution in [0.25, 0.3) is 33.4 Å². The first-order valence-electron chi connectivity index (χ1n) is 19.9. The molecule has 0 saturated carbocycles. The van der Waals surface area contributed by atoms with E-state index in [2.05, 4.69) is 221 Å². The Morgan fingerprint density at radius 1 is 0.321 bits per heavy atom. The summed E-state index contributed by atoms with van der Waals surface area (Å²) in [5.41, 5.74) is 21.4. The highest BCUT2D eigenvalue weighted by Gasteiger charge is 2.46. The van der Waals surface area contributed by atoms with E-state index in [1.165, 1.54) is 83.6 Å². The molecule has 0 amide bonds. The second-order valence-electron chi connectivity index (χ2n) is 16.9. The number of benzene rings is 8. The summed E-state index contributed by atoms with van der Waals surface area (Å²) in [5, 5.41) is 0. The Morgan fingerprint density at radius 2 is 0.786 bits per heavy atom. The molecule has 11 rings (SSSR count). The number of hydrogen-bond acceptors (Lipinski definition) is 1. The van der Waals surface area contributed by atoms with E-state index in [0.29, 0.717) is 0 Å². The number of fused-ring (bicyclic) bond motifs is 9. The Hall–Kier alpha value is -6.44. The SMILES string of the molecule is CC1(C)c2ccccc2-c2cc(N(c3cccc(C4(c5ccccc5)c5ccccc5-c5ccccc54)c3)c3cccc4c3-c3ccccc3C4(C)C)ccc21. The van der Waals surface area contributed by atoms with Gasteiger partial charge < -0.3 is 4.90 Å². The molecule has 56 heavy (non-hydrogen) atoms. The van der Waals surface area contributed by atoms with Crippen LogP contribution in [-0.4, -0.2) is 0 Å². The molecule has 3 aliphatic rings. The van der Waals surface area contributed by atoms with E-state index in [-0.39, 0.29) is 10.8 Å². The standard InChI is InChI=1S/C55H43N/c1-53(2)45-26-12-8-24-42(45)44-35-39(32-33-47(44)53)56(51-31-17-30-50-52(51)43-25-11-13-27-46(43)54(50,3)4)38-21-16-20-37(34-38)55(36-18-6-5-7-19-36)48-28-14-9-22-40(48)41-23-10-15-29-49(41)55/h5-35H,1-4H3. The average Bonchev–Trinajstić information content (AvgIpc) is 3.77. The van der Waals surface area contributed by atoms with Crippen LogP contribution in [0.5, 0.6) is 0 Å². The molecule has 8 aromatic rings. The second kappa shape index (κ2) is 11.8. The van der Waals surface area contributed by atoms with Crippen molar-refractivity contribution < 1.29 is 0 Å². The Balaban J connectivity index is 1.21. The number of hydrogen-bond donors (Lipinski definition) is 0. The van der Waals surface area contributed by atoms with Crippen molar-refractivity contribution in [3.8, 4) is 33.4 Å². The third-order valence-corrected chi connectivity index (χ3v) is 13.3. The Labute approximate surface area is 330 Å². The molecular weight excluding hydrogens is 675 g/mol. The van der Waals surface area contributed by atoms with Crippen LogP contribution in [0.15, 0.2) is 188 Å². The monoisotopic (exact) mass is 717 g/mol. The zero-order valence-corrected chi connectivity index (χ0v) is 32.3. The third kappa shape index (κ3) is 4.32. The van der Waals surface area contributed by atoms with Crippen LogP contribution in [0.2, 0.25) is 0 Å². The lowest BCUT2D eigenvalue weighted by molar-refractivity contribution is 0.660. The number of rotatable bonds is 5. The van der Waals surface area contributed by atoms with E-state index in [1.54, 1.807) is 0 Å². The molecule has 0 aromatic heterocycles. The van der Waals surface area contributed by atoms with Gasteiger partial charge in [0.25, 0.3) is 0 Å². The third-order valence-electron chi connectivity index (χ3n) is 13.3. The molecule has 0 bridgehead atoms. The van der Waals surface area contributed by atoms with Gasteiger partial charge in [-0.3, -0.25) is 0 Å². The first-order valence-corrected chi connectivity index (χ1v) is 19.9. The minimum Gasteiger partial charge on any atom is -0.310 e. The van der Waals surface area contributed by atoms with Crippen LogP contribution in [0, 0.1) is 0 Å². The smallest absolute Gasteiger partial charge is 0.0714 e. The summed E-state index contributed by atoms with van der Waals surface area (Å²) in [4.78, 5) is 2.54. The van der Waals surface area contributed by atoms with Crippen LogP contribution in [-0.2, 0) is 16.2 Å². The van der Waals surface area contributed by atoms with Crippen molar-refractivity contribution >= 4 is 17.1 Å². The zero-order valence-electron chi connectivity index (χ0n) is 32.3. The van der Waals surface area contributed by atoms with Crippen molar-refractivity contribution in [3.63, 3.8) is 0 Å². The van der Waals surface area contributed by atoms with Crippen LogP contribution < -0.4 is 4.90 Å². The van der Waals surface area contributed by atoms with Gasteiger partial charge in [-0.15, -0.1) is 0 Å². The first-order chi connectivity index (χ1) is 27.3. The van der Waals surface area contributed by atoms with Crippen molar-refractivity contribution in [2.75, 3.05) is 4.90 Å². The summed E-state index contributed by atoms with van der Waals surface area (Å²) < 4.78 is 0. The second-order valence-corrected chi connectivity index (χ2v) is 16.9. The predicted octanol–water partition coefficient (Wildman–Crippen LogP) is 14.1. The summed E-state index contributed by atoms with van der Waals surface area (Å²) >= 11 is 0. The molecule has 0 heterocycles. The van der Waals surface area contributed by atoms with Crippen LogP contribution >= 0.6 is 0 Å². The molecule has 0 saturated heterocycles. The van der Waals surface area contributed by atoms with Gasteiger partial charge in [-0.1, -0.05) is 185 Å². The molecule has 1 nitrogen and oxygen atoms in total. The van der Waals surface area contributed by atoms with Gasteiger partial charge in [0.2, 0.25) is 0 Å². The van der Waals surface area contributed by atoms with Gasteiger partial charge in [-0.25, -0.2) is 0 Å². The molecular formula is C55H43N. The van der Waals surface area contributed by atoms with E-state index in [9.17, 15) is 0 Å². The molecule has 268 valence electrons. The minimum absolute atomic E-state index is 0.0719. The lowest BCUT2D eigenvalue weighted by atomic mass is 9.67. The lowest BCUT2D eigenvalue weighted by Crippen LogP contribution is -2.28. The highest BCUT2D eigenvalue weighted by Crippen LogP contribution is 2.59. The van der Waals surface area contributed by atoms with E-state index in [0.717, 1.165) is 11.4 Å². The molecule has 0 radical (unpaired) electrons. The maximum atomic E-state index is 2.54. The summed E-state index contributed by atoms with van der Waals surface area (Å²) in [5.74, 6) is 0. The summed E-state index contributed by atoms with van der Waals surface area (Å²) in [6.07, 6.45) is 0. The van der Waals surface area contributed by atoms with Crippen LogP contribution in [0.4, 0.5) is 17.1 Å². The molecule has 3 aliphatic carbocycles. The number of nitrogens with zero attached hydrogens (tertiary/aromatic N) is 1. The average molecular weight is 718 g/mol. The maximum absolute atomic E-state index is 2.54. The van der Waals surface area contributed by atoms with Gasteiger partial charge in [0, 0.05) is 27.8 Å². The fraction of sp³-hybridized carbons (Fsp3) is 0.127. The van der Waals surface area contributed by atoms with Gasteiger partial charge in [0.1, 0.15) is 0 Å². The molecule has 0 spiro atoms. The van der Waals surface area contributed by atoms with Crippen molar-refractivity contribution in [1.29, 1.82) is 0 Å². The van der Waals surface area contributed by atoms with Crippen molar-refractivity contribution in [1.82, 2.24) is 0 Å². The molecule has 0 aliphatic heterocycles. The van der Waals surface area contributed by atoms with Crippen LogP contribution in [0.1, 0.15) is 72.2 Å². The first kappa shape index (κ1) is 32.9. The predicted molar refractivity (Wildman–Crippen MR) is 234 cm³/mol. The Morgan fingerprint density at radius 3 is 1.46 bits per heavy atom. The van der Waals surface area contributed by atoms with E-state index < -0.39 is 5.41 Å². The highest BCUT2D eigenvalue weighted by molar-refractivity contribution is 5.96. The summed E-state index contributed by atoms with van der Waals surface area (Å²) in [7, 11) is 0. The summed E-state index contributed by atoms with van der Waals surface area (Å²) in [6, 6.07) is 70.7. The normalized spacial score (nSPS) is 15.6. The topological polar surface area (TPSA) is 3.24 Å². The fourth-order valence-corrected chi connectivity index (χ4v) is 10.8. The van der Waals surface area contributed by atoms with E-state index >= 15 is 0 Å². The van der Waals surface area contributed by atoms with Gasteiger partial charge in [0.15, 0.2) is 0 Å². The van der Waals surface area contributed by atoms with Gasteiger partial charge in [0.05, 0.1) is 11.1 Å². The maximum Gasteiger partial charge on any atom is 0.0714 e. The van der Waals surface area contributed by atoms with Gasteiger partial charge in [-0.2, -0.15) is 0 Å².